The number of nitrogens with zero attached hydrogens (tertiary/aromatic N) is 3. The van der Waals surface area contributed by atoms with Crippen molar-refractivity contribution in [3.63, 3.8) is 0 Å². The van der Waals surface area contributed by atoms with Gasteiger partial charge in [0.15, 0.2) is 5.69 Å². The van der Waals surface area contributed by atoms with Gasteiger partial charge in [-0.15, -0.1) is 0 Å². The van der Waals surface area contributed by atoms with Crippen molar-refractivity contribution in [2.45, 2.75) is 19.5 Å². The Balaban J connectivity index is 1.76. The molecule has 2 aromatic carbocycles. The minimum absolute atomic E-state index is 0.0514. The van der Waals surface area contributed by atoms with Gasteiger partial charge in [0.25, 0.3) is 5.91 Å². The van der Waals surface area contributed by atoms with E-state index in [9.17, 15) is 4.79 Å². The van der Waals surface area contributed by atoms with E-state index in [4.69, 9.17) is 16.3 Å². The highest BCUT2D eigenvalue weighted by molar-refractivity contribution is 6.30. The average molecular weight is 382 g/mol. The van der Waals surface area contributed by atoms with Gasteiger partial charge in [0.1, 0.15) is 5.75 Å². The van der Waals surface area contributed by atoms with Crippen LogP contribution >= 0.6 is 11.6 Å². The summed E-state index contributed by atoms with van der Waals surface area (Å²) in [5, 5.41) is 5.14. The fourth-order valence-corrected chi connectivity index (χ4v) is 3.73. The Morgan fingerprint density at radius 3 is 2.41 bits per heavy atom. The van der Waals surface area contributed by atoms with E-state index in [0.717, 1.165) is 28.1 Å². The van der Waals surface area contributed by atoms with Gasteiger partial charge in [-0.25, -0.2) is 0 Å². The second-order valence-corrected chi connectivity index (χ2v) is 7.14. The summed E-state index contributed by atoms with van der Waals surface area (Å²) in [6, 6.07) is 15.3. The summed E-state index contributed by atoms with van der Waals surface area (Å²) in [5.41, 5.74) is 4.56. The van der Waals surface area contributed by atoms with Crippen LogP contribution in [0.4, 0.5) is 0 Å². The zero-order valence-corrected chi connectivity index (χ0v) is 16.2. The van der Waals surface area contributed by atoms with E-state index in [1.807, 2.05) is 67.4 Å². The van der Waals surface area contributed by atoms with E-state index < -0.39 is 0 Å². The zero-order valence-electron chi connectivity index (χ0n) is 15.4. The van der Waals surface area contributed by atoms with Gasteiger partial charge in [0, 0.05) is 29.9 Å². The molecule has 138 valence electrons. The number of amides is 1. The molecular weight excluding hydrogens is 362 g/mol. The van der Waals surface area contributed by atoms with Crippen LogP contribution in [0.25, 0.3) is 0 Å². The first-order valence-electron chi connectivity index (χ1n) is 8.72. The SMILES string of the molecule is COc1ccc(CN2C(=O)c3nn(C)c(C)c3C2c2ccc(Cl)cc2)cc1. The van der Waals surface area contributed by atoms with Crippen molar-refractivity contribution in [1.29, 1.82) is 0 Å². The van der Waals surface area contributed by atoms with Crippen molar-refractivity contribution in [3.8, 4) is 5.75 Å². The Labute approximate surface area is 163 Å². The normalized spacial score (nSPS) is 15.9. The predicted molar refractivity (Wildman–Crippen MR) is 104 cm³/mol. The van der Waals surface area contributed by atoms with Crippen molar-refractivity contribution >= 4 is 17.5 Å². The third-order valence-electron chi connectivity index (χ3n) is 5.13. The van der Waals surface area contributed by atoms with Crippen molar-refractivity contribution in [2.24, 2.45) is 7.05 Å². The highest BCUT2D eigenvalue weighted by Crippen LogP contribution is 2.41. The number of fused-ring (bicyclic) bond motifs is 1. The van der Waals surface area contributed by atoms with E-state index in [1.54, 1.807) is 11.8 Å². The van der Waals surface area contributed by atoms with Crippen LogP contribution in [0.2, 0.25) is 5.02 Å². The minimum atomic E-state index is -0.180. The summed E-state index contributed by atoms with van der Waals surface area (Å²) in [6.07, 6.45) is 0. The second kappa shape index (κ2) is 6.74. The molecule has 3 aromatic rings. The van der Waals surface area contributed by atoms with E-state index in [2.05, 4.69) is 5.10 Å². The molecule has 0 radical (unpaired) electrons. The second-order valence-electron chi connectivity index (χ2n) is 6.71. The Morgan fingerprint density at radius 2 is 1.78 bits per heavy atom. The standard InChI is InChI=1S/C21H20ClN3O2/c1-13-18-19(23-24(13)2)21(26)25(12-14-4-10-17(27-3)11-5-14)20(18)15-6-8-16(22)9-7-15/h4-11,20H,12H2,1-3H3. The maximum absolute atomic E-state index is 13.1. The van der Waals surface area contributed by atoms with Crippen LogP contribution in [0, 0.1) is 6.92 Å². The van der Waals surface area contributed by atoms with Crippen molar-refractivity contribution in [3.05, 3.63) is 81.6 Å². The molecule has 0 bridgehead atoms. The number of aryl methyl sites for hydroxylation is 1. The van der Waals surface area contributed by atoms with Crippen LogP contribution in [-0.4, -0.2) is 27.7 Å². The molecule has 0 saturated heterocycles. The van der Waals surface area contributed by atoms with Crippen molar-refractivity contribution < 1.29 is 9.53 Å². The lowest BCUT2D eigenvalue weighted by Crippen LogP contribution is -2.29. The molecule has 2 heterocycles. The van der Waals surface area contributed by atoms with Crippen LogP contribution in [-0.2, 0) is 13.6 Å². The van der Waals surface area contributed by atoms with E-state index in [0.29, 0.717) is 17.3 Å². The highest BCUT2D eigenvalue weighted by atomic mass is 35.5. The number of aromatic nitrogens is 2. The molecule has 1 amide bonds. The Kier molecular flexibility index (Phi) is 4.40. The smallest absolute Gasteiger partial charge is 0.275 e. The molecule has 1 atom stereocenters. The molecule has 5 nitrogen and oxygen atoms in total. The number of methoxy groups -OCH3 is 1. The summed E-state index contributed by atoms with van der Waals surface area (Å²) in [6.45, 7) is 2.49. The van der Waals surface area contributed by atoms with Gasteiger partial charge in [-0.3, -0.25) is 9.48 Å². The summed E-state index contributed by atoms with van der Waals surface area (Å²) in [7, 11) is 3.51. The fraction of sp³-hybridized carbons (Fsp3) is 0.238. The van der Waals surface area contributed by atoms with Gasteiger partial charge in [0.05, 0.1) is 13.2 Å². The molecular formula is C21H20ClN3O2. The molecule has 0 fully saturated rings. The van der Waals surface area contributed by atoms with E-state index in [1.165, 1.54) is 0 Å². The summed E-state index contributed by atoms with van der Waals surface area (Å²) < 4.78 is 7.00. The number of carbonyl (C=O) groups is 1. The van der Waals surface area contributed by atoms with E-state index >= 15 is 0 Å². The van der Waals surface area contributed by atoms with Crippen LogP contribution in [0.1, 0.15) is 38.9 Å². The topological polar surface area (TPSA) is 47.4 Å². The van der Waals surface area contributed by atoms with E-state index in [-0.39, 0.29) is 11.9 Å². The summed E-state index contributed by atoms with van der Waals surface area (Å²) in [4.78, 5) is 15.0. The van der Waals surface area contributed by atoms with Gasteiger partial charge in [-0.05, 0) is 42.3 Å². The number of ether oxygens (including phenoxy) is 1. The van der Waals surface area contributed by atoms with Crippen LogP contribution in [0.5, 0.6) is 5.75 Å². The number of benzene rings is 2. The Morgan fingerprint density at radius 1 is 1.11 bits per heavy atom. The number of halogens is 1. The number of carbonyl (C=O) groups excluding carboxylic acids is 1. The van der Waals surface area contributed by atoms with Crippen LogP contribution < -0.4 is 4.74 Å². The zero-order chi connectivity index (χ0) is 19.1. The van der Waals surface area contributed by atoms with Gasteiger partial charge >= 0.3 is 0 Å². The molecule has 0 N–H and O–H groups in total. The van der Waals surface area contributed by atoms with Crippen molar-refractivity contribution in [2.75, 3.05) is 7.11 Å². The minimum Gasteiger partial charge on any atom is -0.497 e. The fourth-order valence-electron chi connectivity index (χ4n) is 3.60. The van der Waals surface area contributed by atoms with Crippen LogP contribution in [0.3, 0.4) is 0 Å². The third-order valence-corrected chi connectivity index (χ3v) is 5.38. The quantitative estimate of drug-likeness (QED) is 0.682. The number of hydrogen-bond acceptors (Lipinski definition) is 3. The maximum Gasteiger partial charge on any atom is 0.275 e. The molecule has 1 aliphatic heterocycles. The summed E-state index contributed by atoms with van der Waals surface area (Å²) in [5.74, 6) is 0.742. The largest absolute Gasteiger partial charge is 0.497 e. The highest BCUT2D eigenvalue weighted by Gasteiger charge is 2.42. The number of rotatable bonds is 4. The van der Waals surface area contributed by atoms with Gasteiger partial charge in [0.2, 0.25) is 0 Å². The predicted octanol–water partition coefficient (Wildman–Crippen LogP) is 4.14. The third kappa shape index (κ3) is 2.98. The molecule has 1 aliphatic rings. The lowest BCUT2D eigenvalue weighted by molar-refractivity contribution is 0.0728. The van der Waals surface area contributed by atoms with Gasteiger partial charge < -0.3 is 9.64 Å². The lowest BCUT2D eigenvalue weighted by atomic mass is 9.99. The lowest BCUT2D eigenvalue weighted by Gasteiger charge is -2.26. The molecule has 6 heteroatoms. The molecule has 0 saturated carbocycles. The average Bonchev–Trinajstić information content (AvgIpc) is 3.11. The maximum atomic E-state index is 13.1. The summed E-state index contributed by atoms with van der Waals surface area (Å²) >= 11 is 6.07. The first kappa shape index (κ1) is 17.6. The molecule has 0 aliphatic carbocycles. The molecule has 1 aromatic heterocycles. The first-order chi connectivity index (χ1) is 13.0. The first-order valence-corrected chi connectivity index (χ1v) is 9.10. The van der Waals surface area contributed by atoms with Crippen LogP contribution in [0.15, 0.2) is 48.5 Å². The Bertz CT molecular complexity index is 994. The molecule has 4 rings (SSSR count). The van der Waals surface area contributed by atoms with Gasteiger partial charge in [-0.2, -0.15) is 5.10 Å². The Hall–Kier alpha value is -2.79. The number of hydrogen-bond donors (Lipinski definition) is 0. The van der Waals surface area contributed by atoms with Gasteiger partial charge in [-0.1, -0.05) is 35.9 Å². The molecule has 0 spiro atoms. The molecule has 1 unspecified atom stereocenters. The monoisotopic (exact) mass is 381 g/mol. The van der Waals surface area contributed by atoms with Crippen molar-refractivity contribution in [1.82, 2.24) is 14.7 Å². The molecule has 27 heavy (non-hydrogen) atoms.